The zero-order valence-electron chi connectivity index (χ0n) is 35.7. The highest BCUT2D eigenvalue weighted by Crippen LogP contribution is 2.44. The zero-order chi connectivity index (χ0) is 47.1. The van der Waals surface area contributed by atoms with Crippen molar-refractivity contribution in [3.63, 3.8) is 0 Å². The number of hydrogen-bond donors (Lipinski definition) is 5. The third-order valence-electron chi connectivity index (χ3n) is 11.0. The number of para-hydroxylation sites is 2. The van der Waals surface area contributed by atoms with Crippen LogP contribution in [0.3, 0.4) is 0 Å². The lowest BCUT2D eigenvalue weighted by Gasteiger charge is -2.25. The number of nitrogens with zero attached hydrogens (tertiary/aromatic N) is 4. The minimum absolute atomic E-state index is 0.0403. The zero-order valence-corrected chi connectivity index (χ0v) is 35.7. The maximum atomic E-state index is 14.1. The summed E-state index contributed by atoms with van der Waals surface area (Å²) >= 11 is 0. The van der Waals surface area contributed by atoms with E-state index in [2.05, 4.69) is 20.6 Å². The number of aromatic nitrogens is 4. The molecule has 19 nitrogen and oxygen atoms in total. The second kappa shape index (κ2) is 19.8. The van der Waals surface area contributed by atoms with Crippen LogP contribution >= 0.6 is 0 Å². The van der Waals surface area contributed by atoms with Crippen molar-refractivity contribution in [1.29, 1.82) is 0 Å². The number of aryl methyl sites for hydroxylation is 2. The Kier molecular flexibility index (Phi) is 13.6. The summed E-state index contributed by atoms with van der Waals surface area (Å²) in [7, 11) is 0. The standard InChI is InChI=1S/C47H44N8O11/c1-28-19-54(45(63)50-43(28)61)24-40(57)52(21-31-12-4-10-18-38(31)49-47(65)66-27-36-34-15-7-5-13-32(34)33-14-6-8-16-35(33)36)23-39(56)48-37-17-9-3-11-30(37)22-53(26-42(59)60)41(58)25-55-20-29(2)44(62)51-46(55)64/h3-20,36H,21-27H2,1-2H3,(H,48,56)(H,49,65)(H,59,60)(H,50,61,63)(H,51,62,64). The molecular weight excluding hydrogens is 853 g/mol. The average molecular weight is 897 g/mol. The van der Waals surface area contributed by atoms with Gasteiger partial charge in [0.2, 0.25) is 17.7 Å². The third kappa shape index (κ3) is 10.6. The number of aliphatic carboxylic acids is 1. The van der Waals surface area contributed by atoms with Crippen molar-refractivity contribution in [1.82, 2.24) is 28.9 Å². The van der Waals surface area contributed by atoms with E-state index in [4.69, 9.17) is 4.74 Å². The van der Waals surface area contributed by atoms with Gasteiger partial charge in [-0.1, -0.05) is 84.9 Å². The molecule has 4 aromatic carbocycles. The van der Waals surface area contributed by atoms with E-state index < -0.39 is 78.5 Å². The number of nitrogens with one attached hydrogen (secondary N) is 4. The summed E-state index contributed by atoms with van der Waals surface area (Å²) in [6.45, 7) is -0.183. The summed E-state index contributed by atoms with van der Waals surface area (Å²) in [6.07, 6.45) is 1.64. The molecular formula is C47H44N8O11. The smallest absolute Gasteiger partial charge is 0.411 e. The third-order valence-corrected chi connectivity index (χ3v) is 11.0. The first kappa shape index (κ1) is 45.4. The van der Waals surface area contributed by atoms with E-state index in [9.17, 15) is 48.3 Å². The molecule has 19 heteroatoms. The summed E-state index contributed by atoms with van der Waals surface area (Å²) in [5.41, 5.74) is 2.67. The number of anilines is 2. The number of carboxylic acid groups (broad SMARTS) is 1. The van der Waals surface area contributed by atoms with E-state index >= 15 is 0 Å². The molecule has 1 aliphatic carbocycles. The highest BCUT2D eigenvalue weighted by Gasteiger charge is 2.29. The van der Waals surface area contributed by atoms with Crippen LogP contribution in [0.4, 0.5) is 16.2 Å². The van der Waals surface area contributed by atoms with E-state index in [1.807, 2.05) is 48.5 Å². The molecule has 0 bridgehead atoms. The van der Waals surface area contributed by atoms with Gasteiger partial charge in [-0.05, 0) is 59.4 Å². The lowest BCUT2D eigenvalue weighted by molar-refractivity contribution is -0.145. The molecule has 0 fully saturated rings. The van der Waals surface area contributed by atoms with Crippen LogP contribution in [0, 0.1) is 13.8 Å². The normalized spacial score (nSPS) is 11.5. The first-order chi connectivity index (χ1) is 31.6. The van der Waals surface area contributed by atoms with E-state index in [0.717, 1.165) is 41.2 Å². The molecule has 0 saturated heterocycles. The Morgan fingerprint density at radius 3 is 1.56 bits per heavy atom. The molecule has 2 heterocycles. The van der Waals surface area contributed by atoms with Gasteiger partial charge in [-0.2, -0.15) is 0 Å². The predicted octanol–water partition coefficient (Wildman–Crippen LogP) is 3.15. The molecule has 2 aromatic heterocycles. The number of carboxylic acids is 1. The van der Waals surface area contributed by atoms with Crippen LogP contribution in [-0.2, 0) is 50.1 Å². The molecule has 5 N–H and O–H groups in total. The molecule has 0 unspecified atom stereocenters. The molecule has 4 amide bonds. The van der Waals surface area contributed by atoms with Gasteiger partial charge in [0.15, 0.2) is 0 Å². The summed E-state index contributed by atoms with van der Waals surface area (Å²) in [4.78, 5) is 122. The molecule has 6 aromatic rings. The Labute approximate surface area is 374 Å². The van der Waals surface area contributed by atoms with E-state index in [1.54, 1.807) is 42.5 Å². The van der Waals surface area contributed by atoms with Gasteiger partial charge in [0.05, 0.1) is 0 Å². The molecule has 7 rings (SSSR count). The Bertz CT molecular complexity index is 3070. The predicted molar refractivity (Wildman–Crippen MR) is 241 cm³/mol. The van der Waals surface area contributed by atoms with Gasteiger partial charge >= 0.3 is 23.4 Å². The van der Waals surface area contributed by atoms with Crippen molar-refractivity contribution in [2.24, 2.45) is 0 Å². The van der Waals surface area contributed by atoms with Crippen molar-refractivity contribution in [3.05, 3.63) is 185 Å². The molecule has 66 heavy (non-hydrogen) atoms. The fourth-order valence-electron chi connectivity index (χ4n) is 7.67. The lowest BCUT2D eigenvalue weighted by atomic mass is 9.98. The summed E-state index contributed by atoms with van der Waals surface area (Å²) in [5.74, 6) is -3.77. The Balaban J connectivity index is 1.09. The Morgan fingerprint density at radius 2 is 1.06 bits per heavy atom. The summed E-state index contributed by atoms with van der Waals surface area (Å²) in [6, 6.07) is 28.6. The summed E-state index contributed by atoms with van der Waals surface area (Å²) in [5, 5.41) is 15.2. The topological polar surface area (TPSA) is 255 Å². The highest BCUT2D eigenvalue weighted by atomic mass is 16.5. The Morgan fingerprint density at radius 1 is 0.621 bits per heavy atom. The fourth-order valence-corrected chi connectivity index (χ4v) is 7.67. The molecule has 338 valence electrons. The molecule has 0 spiro atoms. The van der Waals surface area contributed by atoms with Gasteiger partial charge in [0.25, 0.3) is 11.1 Å². The lowest BCUT2D eigenvalue weighted by Crippen LogP contribution is -2.42. The number of carbonyl (C=O) groups is 5. The minimum Gasteiger partial charge on any atom is -0.480 e. The van der Waals surface area contributed by atoms with Crippen LogP contribution in [0.2, 0.25) is 0 Å². The minimum atomic E-state index is -1.35. The van der Waals surface area contributed by atoms with Gasteiger partial charge in [0, 0.05) is 53.9 Å². The van der Waals surface area contributed by atoms with Gasteiger partial charge in [-0.15, -0.1) is 0 Å². The number of carbonyl (C=O) groups excluding carboxylic acids is 4. The fraction of sp³-hybridized carbons (Fsp3) is 0.213. The van der Waals surface area contributed by atoms with Crippen LogP contribution in [0.25, 0.3) is 11.1 Å². The van der Waals surface area contributed by atoms with Crippen LogP contribution in [-0.4, -0.2) is 83.5 Å². The first-order valence-corrected chi connectivity index (χ1v) is 20.6. The highest BCUT2D eigenvalue weighted by molar-refractivity contribution is 5.95. The maximum Gasteiger partial charge on any atom is 0.411 e. The van der Waals surface area contributed by atoms with Crippen LogP contribution in [0.1, 0.15) is 39.3 Å². The average Bonchev–Trinajstić information content (AvgIpc) is 3.60. The van der Waals surface area contributed by atoms with Crippen LogP contribution in [0.5, 0.6) is 0 Å². The second-order valence-corrected chi connectivity index (χ2v) is 15.6. The Hall–Kier alpha value is -8.61. The molecule has 0 saturated carbocycles. The van der Waals surface area contributed by atoms with Gasteiger partial charge in [0.1, 0.15) is 32.8 Å². The number of fused-ring (bicyclic) bond motifs is 3. The largest absolute Gasteiger partial charge is 0.480 e. The molecule has 0 aliphatic heterocycles. The number of amides is 4. The molecule has 0 radical (unpaired) electrons. The number of ether oxygens (including phenoxy) is 1. The van der Waals surface area contributed by atoms with Crippen molar-refractivity contribution in [2.75, 3.05) is 30.3 Å². The number of aromatic amines is 2. The molecule has 0 atom stereocenters. The van der Waals surface area contributed by atoms with Gasteiger partial charge < -0.3 is 25.0 Å². The quantitative estimate of drug-likeness (QED) is 0.0944. The number of benzene rings is 4. The van der Waals surface area contributed by atoms with Gasteiger partial charge in [-0.25, -0.2) is 14.4 Å². The van der Waals surface area contributed by atoms with Gasteiger partial charge in [-0.3, -0.25) is 53.2 Å². The number of rotatable bonds is 16. The van der Waals surface area contributed by atoms with E-state index in [0.29, 0.717) is 11.1 Å². The van der Waals surface area contributed by atoms with E-state index in [-0.39, 0.29) is 48.1 Å². The van der Waals surface area contributed by atoms with Crippen molar-refractivity contribution in [2.45, 2.75) is 45.9 Å². The molecule has 1 aliphatic rings. The maximum absolute atomic E-state index is 14.1. The van der Waals surface area contributed by atoms with E-state index in [1.165, 1.54) is 32.3 Å². The van der Waals surface area contributed by atoms with Crippen molar-refractivity contribution in [3.8, 4) is 11.1 Å². The summed E-state index contributed by atoms with van der Waals surface area (Å²) < 4.78 is 7.71. The monoisotopic (exact) mass is 896 g/mol. The first-order valence-electron chi connectivity index (χ1n) is 20.6. The second-order valence-electron chi connectivity index (χ2n) is 15.6. The SMILES string of the molecule is Cc1cn(CC(=O)N(CC(=O)O)Cc2ccccc2NC(=O)CN(Cc2ccccc2NC(=O)OCC2c3ccccc3-c3ccccc32)C(=O)Cn2cc(C)c(=O)[nH]c2=O)c(=O)[nH]c1=O. The van der Waals surface area contributed by atoms with Crippen molar-refractivity contribution < 1.29 is 33.8 Å². The number of H-pyrrole nitrogens is 2. The number of hydrogen-bond acceptors (Lipinski definition) is 10. The van der Waals surface area contributed by atoms with Crippen LogP contribution in [0.15, 0.2) is 129 Å². The van der Waals surface area contributed by atoms with Crippen LogP contribution < -0.4 is 33.1 Å². The van der Waals surface area contributed by atoms with Crippen molar-refractivity contribution >= 4 is 41.2 Å².